The van der Waals surface area contributed by atoms with Crippen LogP contribution in [0.5, 0.6) is 0 Å². The lowest BCUT2D eigenvalue weighted by Crippen LogP contribution is -2.09. The Labute approximate surface area is 118 Å². The summed E-state index contributed by atoms with van der Waals surface area (Å²) in [5.41, 5.74) is 2.32. The van der Waals surface area contributed by atoms with Crippen molar-refractivity contribution in [3.63, 3.8) is 0 Å². The van der Waals surface area contributed by atoms with Crippen LogP contribution in [0.25, 0.3) is 11.1 Å². The molecule has 0 aliphatic rings. The van der Waals surface area contributed by atoms with Crippen LogP contribution in [0.1, 0.15) is 10.4 Å². The lowest BCUT2D eigenvalue weighted by Gasteiger charge is -2.05. The largest absolute Gasteiger partial charge is 0.370 e. The molecular formula is C13H9BrClNO2. The third-order valence-electron chi connectivity index (χ3n) is 2.42. The Balaban J connectivity index is 2.37. The predicted molar refractivity (Wildman–Crippen MR) is 74.2 cm³/mol. The van der Waals surface area contributed by atoms with Crippen molar-refractivity contribution in [2.75, 3.05) is 0 Å². The van der Waals surface area contributed by atoms with Crippen molar-refractivity contribution in [3.05, 3.63) is 57.5 Å². The summed E-state index contributed by atoms with van der Waals surface area (Å²) in [6.45, 7) is 0. The van der Waals surface area contributed by atoms with Gasteiger partial charge in [0.2, 0.25) is 0 Å². The summed E-state index contributed by atoms with van der Waals surface area (Å²) in [5.74, 6) is 4.26. The molecule has 2 rings (SSSR count). The summed E-state index contributed by atoms with van der Waals surface area (Å²) in [7, 11) is 0. The van der Waals surface area contributed by atoms with Gasteiger partial charge in [0, 0.05) is 9.50 Å². The van der Waals surface area contributed by atoms with Crippen molar-refractivity contribution in [2.24, 2.45) is 5.90 Å². The number of nitrogens with two attached hydrogens (primary N) is 1. The zero-order valence-electron chi connectivity index (χ0n) is 9.19. The first-order valence-corrected chi connectivity index (χ1v) is 6.25. The molecule has 18 heavy (non-hydrogen) atoms. The maximum atomic E-state index is 11.2. The van der Waals surface area contributed by atoms with E-state index in [0.29, 0.717) is 10.6 Å². The summed E-state index contributed by atoms with van der Waals surface area (Å²) in [5, 5.41) is 0.643. The minimum Gasteiger partial charge on any atom is -0.370 e. The van der Waals surface area contributed by atoms with Crippen LogP contribution in [0.4, 0.5) is 0 Å². The van der Waals surface area contributed by atoms with Crippen LogP contribution < -0.4 is 5.90 Å². The van der Waals surface area contributed by atoms with Crippen LogP contribution in [0, 0.1) is 0 Å². The number of halogens is 2. The molecule has 0 saturated carbocycles. The highest BCUT2D eigenvalue weighted by Gasteiger charge is 2.06. The smallest absolute Gasteiger partial charge is 0.356 e. The molecule has 92 valence electrons. The number of hydrogen-bond acceptors (Lipinski definition) is 3. The molecule has 0 radical (unpaired) electrons. The van der Waals surface area contributed by atoms with E-state index in [2.05, 4.69) is 20.8 Å². The van der Waals surface area contributed by atoms with Crippen LogP contribution in [-0.4, -0.2) is 5.97 Å². The van der Waals surface area contributed by atoms with E-state index in [1.54, 1.807) is 12.1 Å². The molecule has 0 atom stereocenters. The van der Waals surface area contributed by atoms with Gasteiger partial charge in [-0.15, -0.1) is 0 Å². The summed E-state index contributed by atoms with van der Waals surface area (Å²) in [6.07, 6.45) is 0. The van der Waals surface area contributed by atoms with Gasteiger partial charge < -0.3 is 4.84 Å². The maximum Gasteiger partial charge on any atom is 0.356 e. The van der Waals surface area contributed by atoms with Gasteiger partial charge in [0.15, 0.2) is 0 Å². The highest BCUT2D eigenvalue weighted by molar-refractivity contribution is 9.10. The van der Waals surface area contributed by atoms with Gasteiger partial charge in [-0.1, -0.05) is 39.7 Å². The predicted octanol–water partition coefficient (Wildman–Crippen LogP) is 3.80. The molecule has 3 nitrogen and oxygen atoms in total. The molecule has 2 N–H and O–H groups in total. The summed E-state index contributed by atoms with van der Waals surface area (Å²) >= 11 is 9.37. The normalized spacial score (nSPS) is 10.2. The topological polar surface area (TPSA) is 52.3 Å². The molecule has 0 spiro atoms. The minimum atomic E-state index is -0.561. The van der Waals surface area contributed by atoms with Gasteiger partial charge >= 0.3 is 5.97 Å². The SMILES string of the molecule is NOC(=O)c1ccc(-c2cc(Cl)cc(Br)c2)cc1. The summed E-state index contributed by atoms with van der Waals surface area (Å²) in [4.78, 5) is 15.3. The molecular weight excluding hydrogens is 318 g/mol. The molecule has 0 aliphatic heterocycles. The van der Waals surface area contributed by atoms with Crippen LogP contribution in [0.3, 0.4) is 0 Å². The van der Waals surface area contributed by atoms with Crippen molar-refractivity contribution < 1.29 is 9.63 Å². The third-order valence-corrected chi connectivity index (χ3v) is 3.10. The van der Waals surface area contributed by atoms with E-state index >= 15 is 0 Å². The standard InChI is InChI=1S/C13H9BrClNO2/c14-11-5-10(6-12(15)7-11)8-1-3-9(4-2-8)13(17)18-16/h1-7H,16H2. The van der Waals surface area contributed by atoms with E-state index < -0.39 is 5.97 Å². The van der Waals surface area contributed by atoms with E-state index in [0.717, 1.165) is 15.6 Å². The first-order valence-electron chi connectivity index (χ1n) is 5.08. The van der Waals surface area contributed by atoms with Crippen LogP contribution in [-0.2, 0) is 4.84 Å². The average Bonchev–Trinajstić information content (AvgIpc) is 2.37. The Kier molecular flexibility index (Phi) is 4.01. The van der Waals surface area contributed by atoms with Crippen LogP contribution >= 0.6 is 27.5 Å². The lowest BCUT2D eigenvalue weighted by molar-refractivity contribution is 0.0503. The van der Waals surface area contributed by atoms with Crippen LogP contribution in [0.2, 0.25) is 5.02 Å². The second kappa shape index (κ2) is 5.52. The molecule has 5 heteroatoms. The van der Waals surface area contributed by atoms with Crippen molar-refractivity contribution in [1.29, 1.82) is 0 Å². The van der Waals surface area contributed by atoms with E-state index in [1.807, 2.05) is 30.3 Å². The van der Waals surface area contributed by atoms with Gasteiger partial charge in [-0.25, -0.2) is 4.79 Å². The molecule has 0 saturated heterocycles. The van der Waals surface area contributed by atoms with Gasteiger partial charge in [-0.3, -0.25) is 0 Å². The Bertz CT molecular complexity index is 564. The lowest BCUT2D eigenvalue weighted by atomic mass is 10.0. The molecule has 0 fully saturated rings. The Morgan fingerprint density at radius 3 is 2.33 bits per heavy atom. The van der Waals surface area contributed by atoms with Crippen molar-refractivity contribution in [1.82, 2.24) is 0 Å². The van der Waals surface area contributed by atoms with E-state index in [9.17, 15) is 4.79 Å². The van der Waals surface area contributed by atoms with Gasteiger partial charge in [0.25, 0.3) is 0 Å². The summed E-state index contributed by atoms with van der Waals surface area (Å²) in [6, 6.07) is 12.5. The zero-order valence-corrected chi connectivity index (χ0v) is 11.5. The van der Waals surface area contributed by atoms with Gasteiger partial charge in [-0.05, 0) is 41.5 Å². The van der Waals surface area contributed by atoms with E-state index in [1.165, 1.54) is 0 Å². The fourth-order valence-corrected chi connectivity index (χ4v) is 2.45. The number of rotatable bonds is 2. The maximum absolute atomic E-state index is 11.2. The molecule has 0 aromatic heterocycles. The quantitative estimate of drug-likeness (QED) is 0.854. The highest BCUT2D eigenvalue weighted by Crippen LogP contribution is 2.27. The third kappa shape index (κ3) is 2.90. The number of hydrogen-bond donors (Lipinski definition) is 1. The van der Waals surface area contributed by atoms with Gasteiger partial charge in [-0.2, -0.15) is 5.90 Å². The van der Waals surface area contributed by atoms with E-state index in [-0.39, 0.29) is 0 Å². The van der Waals surface area contributed by atoms with Crippen LogP contribution in [0.15, 0.2) is 46.9 Å². The molecule has 0 unspecified atom stereocenters. The monoisotopic (exact) mass is 325 g/mol. The second-order valence-electron chi connectivity index (χ2n) is 3.64. The first kappa shape index (κ1) is 13.1. The Hall–Kier alpha value is -1.36. The van der Waals surface area contributed by atoms with Gasteiger partial charge in [0.05, 0.1) is 5.56 Å². The Morgan fingerprint density at radius 2 is 1.78 bits per heavy atom. The van der Waals surface area contributed by atoms with Crippen molar-refractivity contribution >= 4 is 33.5 Å². The number of benzene rings is 2. The molecule has 2 aromatic rings. The second-order valence-corrected chi connectivity index (χ2v) is 4.99. The Morgan fingerprint density at radius 1 is 1.11 bits per heavy atom. The fourth-order valence-electron chi connectivity index (χ4n) is 1.59. The molecule has 0 aliphatic carbocycles. The van der Waals surface area contributed by atoms with E-state index in [4.69, 9.17) is 17.5 Å². The zero-order chi connectivity index (χ0) is 13.1. The average molecular weight is 327 g/mol. The fraction of sp³-hybridized carbons (Fsp3) is 0. The molecule has 0 heterocycles. The van der Waals surface area contributed by atoms with Crippen molar-refractivity contribution in [3.8, 4) is 11.1 Å². The molecule has 0 amide bonds. The molecule has 0 bridgehead atoms. The number of carbonyl (C=O) groups excluding carboxylic acids is 1. The van der Waals surface area contributed by atoms with Crippen molar-refractivity contribution in [2.45, 2.75) is 0 Å². The number of carbonyl (C=O) groups is 1. The highest BCUT2D eigenvalue weighted by atomic mass is 79.9. The first-order chi connectivity index (χ1) is 8.60. The summed E-state index contributed by atoms with van der Waals surface area (Å²) < 4.78 is 0.899. The minimum absolute atomic E-state index is 0.405. The molecule has 2 aromatic carbocycles. The van der Waals surface area contributed by atoms with Gasteiger partial charge in [0.1, 0.15) is 0 Å².